The molecule has 0 radical (unpaired) electrons. The van der Waals surface area contributed by atoms with Crippen molar-refractivity contribution in [3.05, 3.63) is 35.4 Å². The summed E-state index contributed by atoms with van der Waals surface area (Å²) in [5.74, 6) is -0.733. The minimum atomic E-state index is -1.01. The Bertz CT molecular complexity index is 660. The summed E-state index contributed by atoms with van der Waals surface area (Å²) in [4.78, 5) is 37.9. The van der Waals surface area contributed by atoms with Gasteiger partial charge in [-0.25, -0.2) is 4.79 Å². The second-order valence-electron chi connectivity index (χ2n) is 5.73. The Morgan fingerprint density at radius 3 is 2.96 bits per heavy atom. The van der Waals surface area contributed by atoms with E-state index in [2.05, 4.69) is 10.6 Å². The fraction of sp³-hybridized carbons (Fsp3) is 0.438. The lowest BCUT2D eigenvalue weighted by molar-refractivity contribution is -0.135. The summed E-state index contributed by atoms with van der Waals surface area (Å²) < 4.78 is 4.85. The molecule has 0 saturated carbocycles. The molecule has 1 saturated heterocycles. The van der Waals surface area contributed by atoms with Crippen molar-refractivity contribution in [1.82, 2.24) is 15.5 Å². The number of nitrogens with one attached hydrogen (secondary N) is 2. The standard InChI is InChI=1S/C16H19N3O4/c1-23-9-8-17-13(20)10-19-14(21)16(18-15(19)22)7-6-11-4-2-3-5-12(11)16/h2-5H,6-10H2,1H3,(H,17,20)(H,18,22)/t16-/m1/s1. The molecule has 2 N–H and O–H groups in total. The first kappa shape index (κ1) is 15.5. The molecule has 1 spiro atoms. The highest BCUT2D eigenvalue weighted by Crippen LogP contribution is 2.41. The number of rotatable bonds is 5. The molecule has 7 heteroatoms. The second-order valence-corrected chi connectivity index (χ2v) is 5.73. The van der Waals surface area contributed by atoms with Crippen LogP contribution in [0.3, 0.4) is 0 Å². The van der Waals surface area contributed by atoms with Gasteiger partial charge in [0.15, 0.2) is 0 Å². The van der Waals surface area contributed by atoms with Gasteiger partial charge in [-0.2, -0.15) is 0 Å². The maximum Gasteiger partial charge on any atom is 0.325 e. The van der Waals surface area contributed by atoms with E-state index in [0.29, 0.717) is 19.6 Å². The van der Waals surface area contributed by atoms with Crippen LogP contribution in [-0.4, -0.2) is 49.6 Å². The Morgan fingerprint density at radius 1 is 1.39 bits per heavy atom. The number of aryl methyl sites for hydroxylation is 1. The molecule has 0 aromatic heterocycles. The average molecular weight is 317 g/mol. The van der Waals surface area contributed by atoms with Crippen LogP contribution >= 0.6 is 0 Å². The number of nitrogens with zero attached hydrogens (tertiary/aromatic N) is 1. The molecule has 3 rings (SSSR count). The van der Waals surface area contributed by atoms with Crippen LogP contribution in [0.25, 0.3) is 0 Å². The Hall–Kier alpha value is -2.41. The molecule has 2 aliphatic rings. The van der Waals surface area contributed by atoms with Crippen molar-refractivity contribution >= 4 is 17.8 Å². The Labute approximate surface area is 134 Å². The average Bonchev–Trinajstić information content (AvgIpc) is 3.02. The van der Waals surface area contributed by atoms with E-state index in [1.165, 1.54) is 7.11 Å². The van der Waals surface area contributed by atoms with Crippen LogP contribution in [0.15, 0.2) is 24.3 Å². The topological polar surface area (TPSA) is 87.7 Å². The lowest BCUT2D eigenvalue weighted by atomic mass is 9.92. The predicted molar refractivity (Wildman–Crippen MR) is 81.6 cm³/mol. The maximum atomic E-state index is 12.8. The van der Waals surface area contributed by atoms with Gasteiger partial charge in [0.05, 0.1) is 6.61 Å². The first-order valence-electron chi connectivity index (χ1n) is 7.56. The third-order valence-electron chi connectivity index (χ3n) is 4.35. The van der Waals surface area contributed by atoms with E-state index >= 15 is 0 Å². The second kappa shape index (κ2) is 6.00. The van der Waals surface area contributed by atoms with E-state index in [1.807, 2.05) is 24.3 Å². The van der Waals surface area contributed by atoms with Gasteiger partial charge in [0.1, 0.15) is 12.1 Å². The fourth-order valence-electron chi connectivity index (χ4n) is 3.23. The molecule has 122 valence electrons. The smallest absolute Gasteiger partial charge is 0.325 e. The normalized spacial score (nSPS) is 22.4. The van der Waals surface area contributed by atoms with E-state index in [0.717, 1.165) is 22.4 Å². The van der Waals surface area contributed by atoms with Crippen LogP contribution in [0, 0.1) is 0 Å². The number of amides is 4. The lowest BCUT2D eigenvalue weighted by Gasteiger charge is -2.22. The number of urea groups is 1. The number of methoxy groups -OCH3 is 1. The number of hydrogen-bond acceptors (Lipinski definition) is 4. The molecule has 0 unspecified atom stereocenters. The lowest BCUT2D eigenvalue weighted by Crippen LogP contribution is -2.44. The molecule has 7 nitrogen and oxygen atoms in total. The van der Waals surface area contributed by atoms with Crippen LogP contribution in [0.2, 0.25) is 0 Å². The van der Waals surface area contributed by atoms with E-state index < -0.39 is 11.6 Å². The number of hydrogen-bond donors (Lipinski definition) is 2. The summed E-state index contributed by atoms with van der Waals surface area (Å²) >= 11 is 0. The third kappa shape index (κ3) is 2.57. The van der Waals surface area contributed by atoms with Gasteiger partial charge in [-0.3, -0.25) is 14.5 Å². The van der Waals surface area contributed by atoms with E-state index in [9.17, 15) is 14.4 Å². The highest BCUT2D eigenvalue weighted by molar-refractivity contribution is 6.09. The van der Waals surface area contributed by atoms with Gasteiger partial charge in [0.25, 0.3) is 5.91 Å². The summed E-state index contributed by atoms with van der Waals surface area (Å²) in [5.41, 5.74) is 0.883. The molecule has 23 heavy (non-hydrogen) atoms. The molecule has 1 fully saturated rings. The molecule has 4 amide bonds. The largest absolute Gasteiger partial charge is 0.383 e. The number of carbonyl (C=O) groups excluding carboxylic acids is 3. The number of carbonyl (C=O) groups is 3. The van der Waals surface area contributed by atoms with Crippen LogP contribution in [-0.2, 0) is 26.3 Å². The molecular formula is C16H19N3O4. The number of ether oxygens (including phenoxy) is 1. The third-order valence-corrected chi connectivity index (χ3v) is 4.35. The van der Waals surface area contributed by atoms with Gasteiger partial charge in [0.2, 0.25) is 5.91 Å². The van der Waals surface area contributed by atoms with Gasteiger partial charge in [-0.15, -0.1) is 0 Å². The number of imide groups is 1. The molecular weight excluding hydrogens is 298 g/mol. The van der Waals surface area contributed by atoms with Crippen LogP contribution in [0.5, 0.6) is 0 Å². The monoisotopic (exact) mass is 317 g/mol. The molecule has 1 heterocycles. The molecule has 1 aromatic rings. The number of fused-ring (bicyclic) bond motifs is 2. The summed E-state index contributed by atoms with van der Waals surface area (Å²) in [6.45, 7) is 0.439. The Balaban J connectivity index is 1.75. The van der Waals surface area contributed by atoms with Crippen LogP contribution < -0.4 is 10.6 Å². The zero-order chi connectivity index (χ0) is 16.4. The molecule has 1 aromatic carbocycles. The van der Waals surface area contributed by atoms with Gasteiger partial charge < -0.3 is 15.4 Å². The van der Waals surface area contributed by atoms with E-state index in [1.54, 1.807) is 0 Å². The van der Waals surface area contributed by atoms with Gasteiger partial charge >= 0.3 is 6.03 Å². The van der Waals surface area contributed by atoms with Gasteiger partial charge in [0, 0.05) is 13.7 Å². The summed E-state index contributed by atoms with van der Waals surface area (Å²) in [6.07, 6.45) is 1.26. The SMILES string of the molecule is COCCNC(=O)CN1C(=O)N[C@@]2(CCc3ccccc32)C1=O. The van der Waals surface area contributed by atoms with Gasteiger partial charge in [-0.05, 0) is 24.0 Å². The maximum absolute atomic E-state index is 12.8. The van der Waals surface area contributed by atoms with E-state index in [4.69, 9.17) is 4.74 Å². The molecule has 1 atom stereocenters. The Kier molecular flexibility index (Phi) is 4.04. The van der Waals surface area contributed by atoms with Crippen molar-refractivity contribution in [3.8, 4) is 0 Å². The minimum absolute atomic E-state index is 0.279. The van der Waals surface area contributed by atoms with Crippen molar-refractivity contribution in [2.45, 2.75) is 18.4 Å². The van der Waals surface area contributed by atoms with Crippen molar-refractivity contribution in [3.63, 3.8) is 0 Å². The molecule has 1 aliphatic heterocycles. The van der Waals surface area contributed by atoms with Crippen molar-refractivity contribution in [2.75, 3.05) is 26.8 Å². The number of benzene rings is 1. The minimum Gasteiger partial charge on any atom is -0.383 e. The highest BCUT2D eigenvalue weighted by atomic mass is 16.5. The first-order valence-corrected chi connectivity index (χ1v) is 7.56. The highest BCUT2D eigenvalue weighted by Gasteiger charge is 2.55. The summed E-state index contributed by atoms with van der Waals surface area (Å²) in [6, 6.07) is 7.08. The fourth-order valence-corrected chi connectivity index (χ4v) is 3.23. The van der Waals surface area contributed by atoms with Crippen LogP contribution in [0.4, 0.5) is 4.79 Å². The summed E-state index contributed by atoms with van der Waals surface area (Å²) in [5, 5.41) is 5.40. The van der Waals surface area contributed by atoms with Gasteiger partial charge in [-0.1, -0.05) is 24.3 Å². The zero-order valence-electron chi connectivity index (χ0n) is 12.9. The molecule has 1 aliphatic carbocycles. The van der Waals surface area contributed by atoms with Crippen molar-refractivity contribution < 1.29 is 19.1 Å². The zero-order valence-corrected chi connectivity index (χ0v) is 12.9. The quantitative estimate of drug-likeness (QED) is 0.597. The Morgan fingerprint density at radius 2 is 2.17 bits per heavy atom. The van der Waals surface area contributed by atoms with E-state index in [-0.39, 0.29) is 18.4 Å². The molecule has 0 bridgehead atoms. The predicted octanol–water partition coefficient (Wildman–Crippen LogP) is 0.143. The first-order chi connectivity index (χ1) is 11.1. The summed E-state index contributed by atoms with van der Waals surface area (Å²) in [7, 11) is 1.53. The van der Waals surface area contributed by atoms with Crippen molar-refractivity contribution in [1.29, 1.82) is 0 Å². The van der Waals surface area contributed by atoms with Crippen LogP contribution in [0.1, 0.15) is 17.5 Å². The van der Waals surface area contributed by atoms with Crippen molar-refractivity contribution in [2.24, 2.45) is 0 Å².